The number of nitrogens with one attached hydrogen (secondary N) is 3. The summed E-state index contributed by atoms with van der Waals surface area (Å²) in [5.74, 6) is -0.0155. The summed E-state index contributed by atoms with van der Waals surface area (Å²) in [5.41, 5.74) is 4.08. The predicted octanol–water partition coefficient (Wildman–Crippen LogP) is 4.99. The van der Waals surface area contributed by atoms with Crippen molar-refractivity contribution in [3.05, 3.63) is 52.5 Å². The summed E-state index contributed by atoms with van der Waals surface area (Å²) in [5, 5.41) is 9.39. The summed E-state index contributed by atoms with van der Waals surface area (Å²) in [6.45, 7) is 0.694. The van der Waals surface area contributed by atoms with E-state index in [-0.39, 0.29) is 5.91 Å². The Labute approximate surface area is 156 Å². The normalized spacial score (nSPS) is 14.2. The maximum atomic E-state index is 12.6. The van der Waals surface area contributed by atoms with Crippen molar-refractivity contribution in [2.45, 2.75) is 32.1 Å². The fourth-order valence-corrected chi connectivity index (χ4v) is 4.11. The highest BCUT2D eigenvalue weighted by molar-refractivity contribution is 7.12. The van der Waals surface area contributed by atoms with Crippen molar-refractivity contribution in [3.8, 4) is 0 Å². The lowest BCUT2D eigenvalue weighted by atomic mass is 9.97. The van der Waals surface area contributed by atoms with Gasteiger partial charge in [0, 0.05) is 24.3 Å². The SMILES string of the molecule is O=C(NCCC1=CCCCC1)c1sccc1Nc1ccnc2[nH]ccc12. The van der Waals surface area contributed by atoms with Gasteiger partial charge in [-0.3, -0.25) is 4.79 Å². The Morgan fingerprint density at radius 1 is 1.23 bits per heavy atom. The lowest BCUT2D eigenvalue weighted by Gasteiger charge is -2.13. The molecule has 3 N–H and O–H groups in total. The highest BCUT2D eigenvalue weighted by atomic mass is 32.1. The molecule has 0 saturated carbocycles. The number of thiophene rings is 1. The van der Waals surface area contributed by atoms with Crippen LogP contribution in [0, 0.1) is 0 Å². The zero-order chi connectivity index (χ0) is 17.8. The molecule has 1 aliphatic carbocycles. The second-order valence-corrected chi connectivity index (χ2v) is 7.42. The van der Waals surface area contributed by atoms with E-state index < -0.39 is 0 Å². The number of pyridine rings is 1. The molecule has 3 aromatic rings. The molecule has 0 saturated heterocycles. The van der Waals surface area contributed by atoms with Gasteiger partial charge in [-0.15, -0.1) is 11.3 Å². The number of amides is 1. The zero-order valence-electron chi connectivity index (χ0n) is 14.5. The highest BCUT2D eigenvalue weighted by Gasteiger charge is 2.14. The third kappa shape index (κ3) is 3.65. The van der Waals surface area contributed by atoms with Crippen LogP contribution in [0.4, 0.5) is 11.4 Å². The Hall–Kier alpha value is -2.60. The Bertz CT molecular complexity index is 940. The number of H-pyrrole nitrogens is 1. The molecule has 5 nitrogen and oxygen atoms in total. The van der Waals surface area contributed by atoms with Crippen molar-refractivity contribution in [1.82, 2.24) is 15.3 Å². The van der Waals surface area contributed by atoms with Crippen LogP contribution in [0.1, 0.15) is 41.8 Å². The summed E-state index contributed by atoms with van der Waals surface area (Å²) in [6, 6.07) is 5.85. The monoisotopic (exact) mass is 366 g/mol. The molecule has 3 aromatic heterocycles. The van der Waals surface area contributed by atoms with Crippen molar-refractivity contribution < 1.29 is 4.79 Å². The smallest absolute Gasteiger partial charge is 0.263 e. The van der Waals surface area contributed by atoms with E-state index in [0.29, 0.717) is 11.4 Å². The first-order valence-corrected chi connectivity index (χ1v) is 9.92. The van der Waals surface area contributed by atoms with Gasteiger partial charge in [-0.05, 0) is 55.7 Å². The van der Waals surface area contributed by atoms with Crippen molar-refractivity contribution in [3.63, 3.8) is 0 Å². The fraction of sp³-hybridized carbons (Fsp3) is 0.300. The molecule has 0 aromatic carbocycles. The van der Waals surface area contributed by atoms with Crippen molar-refractivity contribution >= 4 is 39.7 Å². The van der Waals surface area contributed by atoms with Crippen LogP contribution >= 0.6 is 11.3 Å². The summed E-state index contributed by atoms with van der Waals surface area (Å²) in [7, 11) is 0. The molecular weight excluding hydrogens is 344 g/mol. The number of hydrogen-bond donors (Lipinski definition) is 3. The number of carbonyl (C=O) groups is 1. The molecule has 0 fully saturated rings. The van der Waals surface area contributed by atoms with E-state index in [0.717, 1.165) is 28.8 Å². The minimum absolute atomic E-state index is 0.0155. The highest BCUT2D eigenvalue weighted by Crippen LogP contribution is 2.29. The molecule has 0 unspecified atom stereocenters. The minimum atomic E-state index is -0.0155. The number of anilines is 2. The Morgan fingerprint density at radius 2 is 2.19 bits per heavy atom. The maximum absolute atomic E-state index is 12.6. The molecule has 1 aliphatic rings. The summed E-state index contributed by atoms with van der Waals surface area (Å²) >= 11 is 1.46. The van der Waals surface area contributed by atoms with E-state index in [1.165, 1.54) is 42.6 Å². The number of hydrogen-bond acceptors (Lipinski definition) is 4. The van der Waals surface area contributed by atoms with E-state index in [1.807, 2.05) is 29.8 Å². The van der Waals surface area contributed by atoms with Crippen LogP contribution in [0.2, 0.25) is 0 Å². The molecular formula is C20H22N4OS. The van der Waals surface area contributed by atoms with E-state index in [2.05, 4.69) is 26.7 Å². The summed E-state index contributed by atoms with van der Waals surface area (Å²) in [6.07, 6.45) is 11.8. The number of fused-ring (bicyclic) bond motifs is 1. The van der Waals surface area contributed by atoms with Gasteiger partial charge >= 0.3 is 0 Å². The minimum Gasteiger partial charge on any atom is -0.354 e. The van der Waals surface area contributed by atoms with Crippen LogP contribution in [-0.2, 0) is 0 Å². The number of aromatic nitrogens is 2. The number of rotatable bonds is 6. The second-order valence-electron chi connectivity index (χ2n) is 6.50. The van der Waals surface area contributed by atoms with Gasteiger partial charge < -0.3 is 15.6 Å². The summed E-state index contributed by atoms with van der Waals surface area (Å²) in [4.78, 5) is 20.7. The van der Waals surface area contributed by atoms with Crippen LogP contribution < -0.4 is 10.6 Å². The first-order valence-electron chi connectivity index (χ1n) is 9.04. The zero-order valence-corrected chi connectivity index (χ0v) is 15.4. The molecule has 134 valence electrons. The van der Waals surface area contributed by atoms with Crippen LogP contribution in [0.3, 0.4) is 0 Å². The number of allylic oxidation sites excluding steroid dienone is 1. The maximum Gasteiger partial charge on any atom is 0.263 e. The molecule has 0 aliphatic heterocycles. The molecule has 6 heteroatoms. The van der Waals surface area contributed by atoms with E-state index >= 15 is 0 Å². The number of carbonyl (C=O) groups excluding carboxylic acids is 1. The molecule has 1 amide bonds. The van der Waals surface area contributed by atoms with Gasteiger partial charge in [-0.1, -0.05) is 11.6 Å². The van der Waals surface area contributed by atoms with Crippen molar-refractivity contribution in [2.75, 3.05) is 11.9 Å². The molecule has 0 radical (unpaired) electrons. The van der Waals surface area contributed by atoms with Crippen LogP contribution in [-0.4, -0.2) is 22.4 Å². The third-order valence-electron chi connectivity index (χ3n) is 4.72. The van der Waals surface area contributed by atoms with Gasteiger partial charge in [-0.2, -0.15) is 0 Å². The average molecular weight is 366 g/mol. The standard InChI is InChI=1S/C20H22N4OS/c25-20(23-10-6-14-4-2-1-3-5-14)18-17(9-13-26-18)24-16-8-12-22-19-15(16)7-11-21-19/h4,7-9,11-13H,1-3,5-6,10H2,(H,23,25)(H2,21,22,24). The molecule has 0 spiro atoms. The van der Waals surface area contributed by atoms with Crippen LogP contribution in [0.15, 0.2) is 47.6 Å². The van der Waals surface area contributed by atoms with E-state index in [1.54, 1.807) is 6.20 Å². The average Bonchev–Trinajstić information content (AvgIpc) is 3.32. The first-order chi connectivity index (χ1) is 12.8. The van der Waals surface area contributed by atoms with Crippen molar-refractivity contribution in [2.24, 2.45) is 0 Å². The predicted molar refractivity (Wildman–Crippen MR) is 107 cm³/mol. The quantitative estimate of drug-likeness (QED) is 0.538. The molecule has 3 heterocycles. The molecule has 0 atom stereocenters. The molecule has 4 rings (SSSR count). The topological polar surface area (TPSA) is 69.8 Å². The van der Waals surface area contributed by atoms with Gasteiger partial charge in [0.1, 0.15) is 10.5 Å². The van der Waals surface area contributed by atoms with Gasteiger partial charge in [0.05, 0.1) is 11.4 Å². The Balaban J connectivity index is 1.42. The van der Waals surface area contributed by atoms with Gasteiger partial charge in [0.15, 0.2) is 0 Å². The molecule has 26 heavy (non-hydrogen) atoms. The fourth-order valence-electron chi connectivity index (χ4n) is 3.35. The van der Waals surface area contributed by atoms with E-state index in [4.69, 9.17) is 0 Å². The Morgan fingerprint density at radius 3 is 3.08 bits per heavy atom. The number of aromatic amines is 1. The summed E-state index contributed by atoms with van der Waals surface area (Å²) < 4.78 is 0. The largest absolute Gasteiger partial charge is 0.354 e. The Kier molecular flexibility index (Phi) is 5.02. The number of nitrogens with zero attached hydrogens (tertiary/aromatic N) is 1. The lowest BCUT2D eigenvalue weighted by Crippen LogP contribution is -2.24. The van der Waals surface area contributed by atoms with Crippen LogP contribution in [0.25, 0.3) is 11.0 Å². The third-order valence-corrected chi connectivity index (χ3v) is 5.63. The second kappa shape index (κ2) is 7.74. The van der Waals surface area contributed by atoms with Gasteiger partial charge in [-0.25, -0.2) is 4.98 Å². The first kappa shape index (κ1) is 16.8. The molecule has 0 bridgehead atoms. The lowest BCUT2D eigenvalue weighted by molar-refractivity contribution is 0.0959. The van der Waals surface area contributed by atoms with Crippen molar-refractivity contribution in [1.29, 1.82) is 0 Å². The van der Waals surface area contributed by atoms with Gasteiger partial charge in [0.25, 0.3) is 5.91 Å². The van der Waals surface area contributed by atoms with Gasteiger partial charge in [0.2, 0.25) is 0 Å². The van der Waals surface area contributed by atoms with Crippen LogP contribution in [0.5, 0.6) is 0 Å². The van der Waals surface area contributed by atoms with E-state index in [9.17, 15) is 4.79 Å².